The number of benzene rings is 2. The van der Waals surface area contributed by atoms with Gasteiger partial charge in [-0.1, -0.05) is 114 Å². The van der Waals surface area contributed by atoms with Gasteiger partial charge in [0, 0.05) is 0 Å². The largest absolute Gasteiger partial charge is 0.507 e. The minimum Gasteiger partial charge on any atom is -0.507 e. The first kappa shape index (κ1) is 40.4. The molecule has 2 aromatic carbocycles. The van der Waals surface area contributed by atoms with Gasteiger partial charge in [-0.3, -0.25) is 9.13 Å². The van der Waals surface area contributed by atoms with Crippen molar-refractivity contribution in [2.75, 3.05) is 6.61 Å². The van der Waals surface area contributed by atoms with Crippen molar-refractivity contribution in [3.63, 3.8) is 0 Å². The SMILES string of the molecule is CCC(c1cc(C(C)(C)C)c(O)c(C(C)(C)C)c1)P(=O)(O)O.CCOP(=O)(O)Cc1cc(C(C)(C)C)c(O)c(C(C)(C)C)c1. The van der Waals surface area contributed by atoms with Gasteiger partial charge < -0.3 is 29.4 Å². The van der Waals surface area contributed by atoms with E-state index in [-0.39, 0.29) is 45.9 Å². The number of hydrogen-bond acceptors (Lipinski definition) is 5. The lowest BCUT2D eigenvalue weighted by molar-refractivity contribution is 0.272. The molecule has 8 nitrogen and oxygen atoms in total. The standard InChI is InChI=1S/2C17H29O4P/c1-8-21-22(19,20)11-12-9-13(16(2,3)4)15(18)14(10-12)17(5,6)7;1-8-14(22(19,20)21)11-9-12(16(2,3)4)15(18)13(10-11)17(5,6)7/h9-10,18H,8,11H2,1-7H3,(H,19,20);9-10,14,18H,8H2,1-7H3,(H2,19,20,21). The van der Waals surface area contributed by atoms with Crippen molar-refractivity contribution in [2.45, 2.75) is 137 Å². The average molecular weight is 657 g/mol. The second-order valence-corrected chi connectivity index (χ2v) is 19.4. The topological polar surface area (TPSA) is 145 Å². The molecule has 0 fully saturated rings. The number of phenolic OH excluding ortho intramolecular Hbond substituents is 2. The van der Waals surface area contributed by atoms with Gasteiger partial charge in [-0.05, 0) is 68.4 Å². The molecule has 10 heteroatoms. The molecular formula is C34H58O8P2. The second kappa shape index (κ2) is 14.0. The van der Waals surface area contributed by atoms with Crippen molar-refractivity contribution >= 4 is 15.2 Å². The predicted octanol–water partition coefficient (Wildman–Crippen LogP) is 9.33. The van der Waals surface area contributed by atoms with Gasteiger partial charge in [0.05, 0.1) is 18.4 Å². The van der Waals surface area contributed by atoms with Crippen LogP contribution < -0.4 is 0 Å². The van der Waals surface area contributed by atoms with Crippen LogP contribution >= 0.6 is 15.2 Å². The summed E-state index contributed by atoms with van der Waals surface area (Å²) in [5, 5.41) is 21.3. The lowest BCUT2D eigenvalue weighted by Crippen LogP contribution is -2.18. The molecule has 44 heavy (non-hydrogen) atoms. The van der Waals surface area contributed by atoms with Crippen LogP contribution in [-0.2, 0) is 41.5 Å². The summed E-state index contributed by atoms with van der Waals surface area (Å²) in [6, 6.07) is 7.12. The molecule has 0 spiro atoms. The van der Waals surface area contributed by atoms with Crippen molar-refractivity contribution < 1.29 is 38.5 Å². The molecule has 2 unspecified atom stereocenters. The number of phenols is 2. The van der Waals surface area contributed by atoms with Gasteiger partial charge in [-0.2, -0.15) is 0 Å². The molecule has 2 aromatic rings. The number of rotatable bonds is 7. The molecule has 0 aliphatic rings. The predicted molar refractivity (Wildman–Crippen MR) is 181 cm³/mol. The Bertz CT molecular complexity index is 1300. The Hall–Kier alpha value is -1.66. The summed E-state index contributed by atoms with van der Waals surface area (Å²) in [6.45, 7) is 27.6. The fraction of sp³-hybridized carbons (Fsp3) is 0.647. The van der Waals surface area contributed by atoms with Gasteiger partial charge in [0.15, 0.2) is 0 Å². The third-order valence-electron chi connectivity index (χ3n) is 7.42. The first-order valence-corrected chi connectivity index (χ1v) is 18.7. The van der Waals surface area contributed by atoms with Crippen LogP contribution in [0.2, 0.25) is 0 Å². The Balaban J connectivity index is 0.000000440. The zero-order valence-electron chi connectivity index (χ0n) is 29.4. The Labute approximate surface area is 266 Å². The highest BCUT2D eigenvalue weighted by molar-refractivity contribution is 7.52. The Kier molecular flexibility index (Phi) is 12.8. The summed E-state index contributed by atoms with van der Waals surface area (Å²) in [4.78, 5) is 29.2. The van der Waals surface area contributed by atoms with E-state index in [4.69, 9.17) is 4.52 Å². The summed E-state index contributed by atoms with van der Waals surface area (Å²) >= 11 is 0. The zero-order chi connectivity index (χ0) is 34.9. The normalized spacial score (nSPS) is 15.3. The molecule has 0 saturated carbocycles. The lowest BCUT2D eigenvalue weighted by Gasteiger charge is -2.30. The van der Waals surface area contributed by atoms with E-state index in [1.54, 1.807) is 26.0 Å². The summed E-state index contributed by atoms with van der Waals surface area (Å²) in [5.74, 6) is 0.497. The highest BCUT2D eigenvalue weighted by Crippen LogP contribution is 2.55. The third kappa shape index (κ3) is 11.0. The maximum absolute atomic E-state index is 12.1. The van der Waals surface area contributed by atoms with E-state index in [2.05, 4.69) is 0 Å². The third-order valence-corrected chi connectivity index (χ3v) is 10.3. The Morgan fingerprint density at radius 2 is 0.955 bits per heavy atom. The Morgan fingerprint density at radius 3 is 1.20 bits per heavy atom. The van der Waals surface area contributed by atoms with E-state index < -0.39 is 20.9 Å². The summed E-state index contributed by atoms with van der Waals surface area (Å²) in [7, 11) is -7.89. The average Bonchev–Trinajstić information content (AvgIpc) is 2.77. The molecule has 0 saturated heterocycles. The highest BCUT2D eigenvalue weighted by atomic mass is 31.2. The molecular weight excluding hydrogens is 598 g/mol. The molecule has 5 N–H and O–H groups in total. The summed E-state index contributed by atoms with van der Waals surface area (Å²) in [6.07, 6.45) is 0.301. The molecule has 252 valence electrons. The first-order chi connectivity index (χ1) is 19.5. The summed E-state index contributed by atoms with van der Waals surface area (Å²) in [5.41, 5.74) is 2.35. The summed E-state index contributed by atoms with van der Waals surface area (Å²) < 4.78 is 28.8. The molecule has 0 heterocycles. The lowest BCUT2D eigenvalue weighted by atomic mass is 9.78. The first-order valence-electron chi connectivity index (χ1n) is 15.2. The van der Waals surface area contributed by atoms with Crippen LogP contribution in [0.15, 0.2) is 24.3 Å². The molecule has 2 atom stereocenters. The van der Waals surface area contributed by atoms with E-state index in [1.165, 1.54) is 0 Å². The van der Waals surface area contributed by atoms with Gasteiger partial charge in [-0.15, -0.1) is 0 Å². The number of hydrogen-bond donors (Lipinski definition) is 5. The maximum Gasteiger partial charge on any atom is 0.332 e. The van der Waals surface area contributed by atoms with Crippen LogP contribution in [0.1, 0.15) is 142 Å². The highest BCUT2D eigenvalue weighted by Gasteiger charge is 2.34. The molecule has 0 aliphatic heterocycles. The smallest absolute Gasteiger partial charge is 0.332 e. The van der Waals surface area contributed by atoms with Crippen LogP contribution in [0.5, 0.6) is 11.5 Å². The van der Waals surface area contributed by atoms with E-state index in [0.29, 0.717) is 17.5 Å². The second-order valence-electron chi connectivity index (χ2n) is 15.7. The fourth-order valence-corrected chi connectivity index (χ4v) is 7.22. The van der Waals surface area contributed by atoms with E-state index >= 15 is 0 Å². The van der Waals surface area contributed by atoms with E-state index in [0.717, 1.165) is 22.3 Å². The van der Waals surface area contributed by atoms with Crippen LogP contribution in [-0.4, -0.2) is 31.5 Å². The molecule has 2 rings (SSSR count). The van der Waals surface area contributed by atoms with Gasteiger partial charge in [-0.25, -0.2) is 0 Å². The van der Waals surface area contributed by atoms with Crippen molar-refractivity contribution in [3.05, 3.63) is 57.6 Å². The van der Waals surface area contributed by atoms with Gasteiger partial charge >= 0.3 is 15.2 Å². The van der Waals surface area contributed by atoms with Crippen molar-refractivity contribution in [3.8, 4) is 11.5 Å². The van der Waals surface area contributed by atoms with E-state index in [1.807, 2.05) is 95.2 Å². The molecule has 0 bridgehead atoms. The zero-order valence-corrected chi connectivity index (χ0v) is 31.2. The van der Waals surface area contributed by atoms with Crippen LogP contribution in [0.25, 0.3) is 0 Å². The van der Waals surface area contributed by atoms with E-state index in [9.17, 15) is 34.0 Å². The van der Waals surface area contributed by atoms with Gasteiger partial charge in [0.2, 0.25) is 0 Å². The molecule has 0 amide bonds. The minimum atomic E-state index is -4.24. The van der Waals surface area contributed by atoms with Gasteiger partial charge in [0.25, 0.3) is 0 Å². The fourth-order valence-electron chi connectivity index (χ4n) is 5.07. The molecule has 0 aromatic heterocycles. The molecule has 0 radical (unpaired) electrons. The van der Waals surface area contributed by atoms with Crippen molar-refractivity contribution in [1.29, 1.82) is 0 Å². The van der Waals surface area contributed by atoms with Crippen molar-refractivity contribution in [1.82, 2.24) is 0 Å². The minimum absolute atomic E-state index is 0.0483. The Morgan fingerprint density at radius 1 is 0.636 bits per heavy atom. The van der Waals surface area contributed by atoms with Gasteiger partial charge in [0.1, 0.15) is 11.5 Å². The molecule has 0 aliphatic carbocycles. The van der Waals surface area contributed by atoms with Crippen LogP contribution in [0, 0.1) is 0 Å². The van der Waals surface area contributed by atoms with Crippen LogP contribution in [0.3, 0.4) is 0 Å². The number of aromatic hydroxyl groups is 2. The monoisotopic (exact) mass is 656 g/mol. The quantitative estimate of drug-likeness (QED) is 0.185. The van der Waals surface area contributed by atoms with Crippen molar-refractivity contribution in [2.24, 2.45) is 0 Å². The van der Waals surface area contributed by atoms with Crippen LogP contribution in [0.4, 0.5) is 0 Å². The maximum atomic E-state index is 12.1.